The van der Waals surface area contributed by atoms with Crippen LogP contribution in [0.15, 0.2) is 48.5 Å². The number of halogens is 1. The van der Waals surface area contributed by atoms with E-state index in [0.717, 1.165) is 23.3 Å². The highest BCUT2D eigenvalue weighted by molar-refractivity contribution is 5.93. The van der Waals surface area contributed by atoms with Gasteiger partial charge in [0.15, 0.2) is 6.54 Å². The number of benzene rings is 2. The van der Waals surface area contributed by atoms with E-state index in [4.69, 9.17) is 0 Å². The third kappa shape index (κ3) is 5.16. The smallest absolute Gasteiger partial charge is 0.278 e. The molecule has 2 aromatic carbocycles. The maximum absolute atomic E-state index is 14.0. The normalized spacial score (nSPS) is 14.4. The van der Waals surface area contributed by atoms with Gasteiger partial charge in [0.2, 0.25) is 0 Å². The van der Waals surface area contributed by atoms with Crippen molar-refractivity contribution in [1.82, 2.24) is 10.2 Å². The predicted molar refractivity (Wildman–Crippen MR) is 105 cm³/mol. The van der Waals surface area contributed by atoms with E-state index in [-0.39, 0.29) is 23.7 Å². The number of rotatable bonds is 8. The second kappa shape index (κ2) is 8.97. The molecule has 3 rings (SSSR count). The zero-order valence-electron chi connectivity index (χ0n) is 16.4. The van der Waals surface area contributed by atoms with Crippen LogP contribution in [0.1, 0.15) is 34.3 Å². The molecule has 5 nitrogen and oxygen atoms in total. The summed E-state index contributed by atoms with van der Waals surface area (Å²) in [4.78, 5) is 27.3. The lowest BCUT2D eigenvalue weighted by molar-refractivity contribution is -0.885. The molecule has 6 heteroatoms. The van der Waals surface area contributed by atoms with E-state index in [1.807, 2.05) is 24.1 Å². The van der Waals surface area contributed by atoms with Crippen molar-refractivity contribution in [3.63, 3.8) is 0 Å². The monoisotopic (exact) mass is 384 g/mol. The fraction of sp³-hybridized carbons (Fsp3) is 0.364. The number of hydrogen-bond acceptors (Lipinski definition) is 2. The Labute approximate surface area is 165 Å². The van der Waals surface area contributed by atoms with E-state index in [2.05, 4.69) is 5.32 Å². The average molecular weight is 384 g/mol. The standard InChI is InChI=1S/C22H26FN3O2/c1-24-22(28)17-9-7-16(8-10-17)13-25(2)15-21(27)26(19-11-12-19)14-18-5-3-4-6-20(18)23/h3-10,19H,11-15H2,1-2H3,(H,24,28)/p+1. The summed E-state index contributed by atoms with van der Waals surface area (Å²) < 4.78 is 14.0. The van der Waals surface area contributed by atoms with Crippen LogP contribution in [-0.2, 0) is 17.9 Å². The molecule has 2 N–H and O–H groups in total. The van der Waals surface area contributed by atoms with E-state index in [1.54, 1.807) is 37.4 Å². The van der Waals surface area contributed by atoms with Crippen LogP contribution >= 0.6 is 0 Å². The van der Waals surface area contributed by atoms with E-state index in [0.29, 0.717) is 30.8 Å². The van der Waals surface area contributed by atoms with Crippen LogP contribution in [0, 0.1) is 5.82 Å². The van der Waals surface area contributed by atoms with Crippen molar-refractivity contribution in [1.29, 1.82) is 0 Å². The first kappa shape index (κ1) is 20.0. The van der Waals surface area contributed by atoms with Crippen molar-refractivity contribution in [2.24, 2.45) is 0 Å². The summed E-state index contributed by atoms with van der Waals surface area (Å²) in [5, 5.41) is 2.60. The highest BCUT2D eigenvalue weighted by Gasteiger charge is 2.34. The molecule has 0 aliphatic heterocycles. The average Bonchev–Trinajstić information content (AvgIpc) is 3.52. The Bertz CT molecular complexity index is 834. The zero-order valence-corrected chi connectivity index (χ0v) is 16.4. The molecule has 0 saturated heterocycles. The first-order chi connectivity index (χ1) is 13.5. The van der Waals surface area contributed by atoms with Gasteiger partial charge in [-0.1, -0.05) is 30.3 Å². The van der Waals surface area contributed by atoms with Gasteiger partial charge in [0.1, 0.15) is 12.4 Å². The summed E-state index contributed by atoms with van der Waals surface area (Å²) in [6.45, 7) is 1.35. The summed E-state index contributed by atoms with van der Waals surface area (Å²) in [7, 11) is 3.57. The molecule has 0 spiro atoms. The third-order valence-electron chi connectivity index (χ3n) is 5.01. The molecular weight excluding hydrogens is 357 g/mol. The lowest BCUT2D eigenvalue weighted by Gasteiger charge is -2.24. The first-order valence-corrected chi connectivity index (χ1v) is 9.63. The van der Waals surface area contributed by atoms with Crippen LogP contribution < -0.4 is 10.2 Å². The topological polar surface area (TPSA) is 53.9 Å². The molecule has 2 amide bonds. The Morgan fingerprint density at radius 1 is 1.14 bits per heavy atom. The molecule has 1 aliphatic rings. The van der Waals surface area contributed by atoms with Gasteiger partial charge in [0.25, 0.3) is 11.8 Å². The maximum Gasteiger partial charge on any atom is 0.278 e. The molecule has 28 heavy (non-hydrogen) atoms. The molecule has 2 aromatic rings. The molecule has 1 aliphatic carbocycles. The van der Waals surface area contributed by atoms with Crippen molar-refractivity contribution >= 4 is 11.8 Å². The summed E-state index contributed by atoms with van der Waals surface area (Å²) in [5.41, 5.74) is 2.24. The summed E-state index contributed by atoms with van der Waals surface area (Å²) in [6.07, 6.45) is 1.97. The van der Waals surface area contributed by atoms with Gasteiger partial charge in [-0.15, -0.1) is 0 Å². The Morgan fingerprint density at radius 2 is 1.82 bits per heavy atom. The number of nitrogens with zero attached hydrogens (tertiary/aromatic N) is 1. The van der Waals surface area contributed by atoms with Gasteiger partial charge in [-0.25, -0.2) is 4.39 Å². The number of likely N-dealkylation sites (N-methyl/N-ethyl adjacent to an activating group) is 1. The minimum Gasteiger partial charge on any atom is -0.355 e. The highest BCUT2D eigenvalue weighted by atomic mass is 19.1. The van der Waals surface area contributed by atoms with Crippen molar-refractivity contribution < 1.29 is 18.9 Å². The summed E-state index contributed by atoms with van der Waals surface area (Å²) >= 11 is 0. The number of carbonyl (C=O) groups excluding carboxylic acids is 2. The fourth-order valence-corrected chi connectivity index (χ4v) is 3.31. The lowest BCUT2D eigenvalue weighted by atomic mass is 10.1. The molecule has 1 unspecified atom stereocenters. The number of amides is 2. The second-order valence-corrected chi connectivity index (χ2v) is 7.43. The number of nitrogens with one attached hydrogen (secondary N) is 2. The first-order valence-electron chi connectivity index (χ1n) is 9.63. The van der Waals surface area contributed by atoms with Gasteiger partial charge in [0.05, 0.1) is 7.05 Å². The lowest BCUT2D eigenvalue weighted by Crippen LogP contribution is -3.08. The molecule has 1 fully saturated rings. The van der Waals surface area contributed by atoms with E-state index >= 15 is 0 Å². The number of quaternary nitrogens is 1. The fourth-order valence-electron chi connectivity index (χ4n) is 3.31. The molecule has 0 bridgehead atoms. The predicted octanol–water partition coefficient (Wildman–Crippen LogP) is 1.39. The van der Waals surface area contributed by atoms with Crippen molar-refractivity contribution in [3.05, 3.63) is 71.0 Å². The number of hydrogen-bond donors (Lipinski definition) is 2. The largest absolute Gasteiger partial charge is 0.355 e. The van der Waals surface area contributed by atoms with Crippen LogP contribution in [0.2, 0.25) is 0 Å². The minimum atomic E-state index is -0.266. The van der Waals surface area contributed by atoms with Gasteiger partial charge < -0.3 is 15.1 Å². The minimum absolute atomic E-state index is 0.0465. The number of carbonyl (C=O) groups is 2. The van der Waals surface area contributed by atoms with Crippen LogP contribution in [0.4, 0.5) is 4.39 Å². The molecular formula is C22H27FN3O2+. The van der Waals surface area contributed by atoms with E-state index in [1.165, 1.54) is 6.07 Å². The van der Waals surface area contributed by atoms with Gasteiger partial charge >= 0.3 is 0 Å². The van der Waals surface area contributed by atoms with Gasteiger partial charge in [-0.3, -0.25) is 9.59 Å². The van der Waals surface area contributed by atoms with Gasteiger partial charge in [-0.2, -0.15) is 0 Å². The molecule has 0 heterocycles. The van der Waals surface area contributed by atoms with Gasteiger partial charge in [0, 0.05) is 36.3 Å². The molecule has 1 saturated carbocycles. The Kier molecular flexibility index (Phi) is 6.41. The van der Waals surface area contributed by atoms with Crippen molar-refractivity contribution in [2.75, 3.05) is 20.6 Å². The van der Waals surface area contributed by atoms with Gasteiger partial charge in [-0.05, 0) is 31.0 Å². The van der Waals surface area contributed by atoms with Crippen LogP contribution in [0.25, 0.3) is 0 Å². The van der Waals surface area contributed by atoms with Crippen LogP contribution in [0.5, 0.6) is 0 Å². The third-order valence-corrected chi connectivity index (χ3v) is 5.01. The maximum atomic E-state index is 14.0. The molecule has 148 valence electrons. The van der Waals surface area contributed by atoms with Crippen LogP contribution in [0.3, 0.4) is 0 Å². The molecule has 0 radical (unpaired) electrons. The van der Waals surface area contributed by atoms with E-state index in [9.17, 15) is 14.0 Å². The zero-order chi connectivity index (χ0) is 20.1. The highest BCUT2D eigenvalue weighted by Crippen LogP contribution is 2.28. The molecule has 1 atom stereocenters. The summed E-state index contributed by atoms with van der Waals surface area (Å²) in [6, 6.07) is 14.3. The summed E-state index contributed by atoms with van der Waals surface area (Å²) in [5.74, 6) is -0.334. The Balaban J connectivity index is 1.59. The SMILES string of the molecule is CNC(=O)c1ccc(C[NH+](C)CC(=O)N(Cc2ccccc2F)C2CC2)cc1. The molecule has 0 aromatic heterocycles. The Hall–Kier alpha value is -2.73. The van der Waals surface area contributed by atoms with Crippen molar-refractivity contribution in [3.8, 4) is 0 Å². The quantitative estimate of drug-likeness (QED) is 0.723. The van der Waals surface area contributed by atoms with Crippen LogP contribution in [-0.4, -0.2) is 43.4 Å². The Morgan fingerprint density at radius 3 is 2.43 bits per heavy atom. The second-order valence-electron chi connectivity index (χ2n) is 7.43. The van der Waals surface area contributed by atoms with Crippen molar-refractivity contribution in [2.45, 2.75) is 32.0 Å². The van der Waals surface area contributed by atoms with E-state index < -0.39 is 0 Å².